The second-order valence-electron chi connectivity index (χ2n) is 6.38. The summed E-state index contributed by atoms with van der Waals surface area (Å²) in [5.74, 6) is 0.828. The second kappa shape index (κ2) is 7.07. The van der Waals surface area contributed by atoms with E-state index in [0.717, 1.165) is 31.6 Å². The lowest BCUT2D eigenvalue weighted by atomic mass is 10.00. The lowest BCUT2D eigenvalue weighted by Crippen LogP contribution is -2.36. The zero-order chi connectivity index (χ0) is 15.4. The summed E-state index contributed by atoms with van der Waals surface area (Å²) < 4.78 is 1.37. The fourth-order valence-electron chi connectivity index (χ4n) is 2.79. The van der Waals surface area contributed by atoms with Crippen LogP contribution >= 0.6 is 0 Å². The molecule has 0 bridgehead atoms. The predicted molar refractivity (Wildman–Crippen MR) is 84.6 cm³/mol. The van der Waals surface area contributed by atoms with Crippen LogP contribution in [0, 0.1) is 11.8 Å². The van der Waals surface area contributed by atoms with Crippen molar-refractivity contribution in [1.29, 1.82) is 0 Å². The van der Waals surface area contributed by atoms with Crippen molar-refractivity contribution in [1.82, 2.24) is 9.78 Å². The zero-order valence-electron chi connectivity index (χ0n) is 13.3. The SMILES string of the molecule is CCC(C)C(O)Cn1ncc(N2CCCC(C)C2)cc1=O. The molecule has 1 aromatic rings. The van der Waals surface area contributed by atoms with E-state index in [1.165, 1.54) is 11.1 Å². The summed E-state index contributed by atoms with van der Waals surface area (Å²) in [5.41, 5.74) is 0.772. The Bertz CT molecular complexity index is 514. The molecule has 1 aliphatic rings. The number of rotatable bonds is 5. The van der Waals surface area contributed by atoms with Crippen LogP contribution in [0.3, 0.4) is 0 Å². The Labute approximate surface area is 126 Å². The third kappa shape index (κ3) is 4.06. The van der Waals surface area contributed by atoms with E-state index in [1.807, 2.05) is 13.8 Å². The Morgan fingerprint density at radius 3 is 2.90 bits per heavy atom. The van der Waals surface area contributed by atoms with E-state index in [0.29, 0.717) is 5.92 Å². The normalized spacial score (nSPS) is 22.1. The highest BCUT2D eigenvalue weighted by Crippen LogP contribution is 2.21. The zero-order valence-corrected chi connectivity index (χ0v) is 13.3. The van der Waals surface area contributed by atoms with E-state index >= 15 is 0 Å². The van der Waals surface area contributed by atoms with Crippen LogP contribution in [-0.2, 0) is 6.54 Å². The van der Waals surface area contributed by atoms with Gasteiger partial charge in [-0.1, -0.05) is 27.2 Å². The minimum absolute atomic E-state index is 0.131. The Kier molecular flexibility index (Phi) is 5.39. The fourth-order valence-corrected chi connectivity index (χ4v) is 2.79. The van der Waals surface area contributed by atoms with Gasteiger partial charge in [-0.05, 0) is 24.7 Å². The van der Waals surface area contributed by atoms with E-state index in [2.05, 4.69) is 16.9 Å². The molecule has 0 saturated carbocycles. The molecule has 1 saturated heterocycles. The van der Waals surface area contributed by atoms with Crippen molar-refractivity contribution >= 4 is 5.69 Å². The molecule has 3 atom stereocenters. The molecule has 1 aliphatic heterocycles. The summed E-state index contributed by atoms with van der Waals surface area (Å²) in [6.07, 6.45) is 4.53. The number of aliphatic hydroxyl groups excluding tert-OH is 1. The molecule has 0 amide bonds. The van der Waals surface area contributed by atoms with Crippen LogP contribution in [0.25, 0.3) is 0 Å². The number of hydrogen-bond donors (Lipinski definition) is 1. The maximum Gasteiger partial charge on any atom is 0.268 e. The Hall–Kier alpha value is -1.36. The van der Waals surface area contributed by atoms with Crippen LogP contribution in [0.2, 0.25) is 0 Å². The van der Waals surface area contributed by atoms with Crippen LogP contribution in [0.4, 0.5) is 5.69 Å². The lowest BCUT2D eigenvalue weighted by Gasteiger charge is -2.32. The minimum atomic E-state index is -0.527. The number of piperidine rings is 1. The van der Waals surface area contributed by atoms with Crippen molar-refractivity contribution in [2.45, 2.75) is 52.7 Å². The van der Waals surface area contributed by atoms with Crippen LogP contribution < -0.4 is 10.5 Å². The highest BCUT2D eigenvalue weighted by atomic mass is 16.3. The molecule has 2 rings (SSSR count). The molecular weight excluding hydrogens is 266 g/mol. The standard InChI is InChI=1S/C16H27N3O2/c1-4-13(3)15(20)11-19-16(21)8-14(9-17-19)18-7-5-6-12(2)10-18/h8-9,12-13,15,20H,4-7,10-11H2,1-3H3. The van der Waals surface area contributed by atoms with E-state index in [-0.39, 0.29) is 18.0 Å². The summed E-state index contributed by atoms with van der Waals surface area (Å²) >= 11 is 0. The van der Waals surface area contributed by atoms with Crippen molar-refractivity contribution in [2.75, 3.05) is 18.0 Å². The monoisotopic (exact) mass is 293 g/mol. The Balaban J connectivity index is 2.08. The lowest BCUT2D eigenvalue weighted by molar-refractivity contribution is 0.0912. The van der Waals surface area contributed by atoms with Gasteiger partial charge in [-0.15, -0.1) is 0 Å². The number of hydrogen-bond acceptors (Lipinski definition) is 4. The van der Waals surface area contributed by atoms with Gasteiger partial charge in [0.1, 0.15) is 0 Å². The van der Waals surface area contributed by atoms with Gasteiger partial charge in [0.15, 0.2) is 0 Å². The molecule has 2 heterocycles. The van der Waals surface area contributed by atoms with E-state index in [4.69, 9.17) is 0 Å². The smallest absolute Gasteiger partial charge is 0.268 e. The number of nitrogens with zero attached hydrogens (tertiary/aromatic N) is 3. The van der Waals surface area contributed by atoms with Gasteiger partial charge in [0.05, 0.1) is 24.5 Å². The van der Waals surface area contributed by atoms with Gasteiger partial charge < -0.3 is 10.0 Å². The van der Waals surface area contributed by atoms with Gasteiger partial charge in [-0.2, -0.15) is 5.10 Å². The average Bonchev–Trinajstić information content (AvgIpc) is 2.48. The fraction of sp³-hybridized carbons (Fsp3) is 0.750. The first-order valence-corrected chi connectivity index (χ1v) is 8.01. The van der Waals surface area contributed by atoms with Gasteiger partial charge >= 0.3 is 0 Å². The quantitative estimate of drug-likeness (QED) is 0.900. The Morgan fingerprint density at radius 1 is 1.52 bits per heavy atom. The van der Waals surface area contributed by atoms with Gasteiger partial charge in [0, 0.05) is 19.2 Å². The molecule has 3 unspecified atom stereocenters. The third-order valence-electron chi connectivity index (χ3n) is 4.54. The summed E-state index contributed by atoms with van der Waals surface area (Å²) in [4.78, 5) is 14.4. The van der Waals surface area contributed by atoms with Crippen molar-refractivity contribution in [3.8, 4) is 0 Å². The molecule has 1 aromatic heterocycles. The highest BCUT2D eigenvalue weighted by molar-refractivity contribution is 5.43. The average molecular weight is 293 g/mol. The third-order valence-corrected chi connectivity index (χ3v) is 4.54. The number of anilines is 1. The first-order chi connectivity index (χ1) is 10.0. The molecule has 0 aromatic carbocycles. The van der Waals surface area contributed by atoms with Crippen LogP contribution in [-0.4, -0.2) is 34.1 Å². The minimum Gasteiger partial charge on any atom is -0.391 e. The van der Waals surface area contributed by atoms with Gasteiger partial charge in [-0.3, -0.25) is 4.79 Å². The predicted octanol–water partition coefficient (Wildman–Crippen LogP) is 1.89. The molecule has 5 heteroatoms. The molecule has 21 heavy (non-hydrogen) atoms. The number of aliphatic hydroxyl groups is 1. The molecule has 5 nitrogen and oxygen atoms in total. The summed E-state index contributed by atoms with van der Waals surface area (Å²) in [6, 6.07) is 1.65. The maximum absolute atomic E-state index is 12.2. The first kappa shape index (κ1) is 16.0. The van der Waals surface area contributed by atoms with Gasteiger partial charge in [-0.25, -0.2) is 4.68 Å². The molecule has 0 spiro atoms. The molecule has 118 valence electrons. The van der Waals surface area contributed by atoms with Crippen molar-refractivity contribution in [3.05, 3.63) is 22.6 Å². The van der Waals surface area contributed by atoms with E-state index in [1.54, 1.807) is 12.3 Å². The van der Waals surface area contributed by atoms with E-state index in [9.17, 15) is 9.90 Å². The molecule has 0 radical (unpaired) electrons. The van der Waals surface area contributed by atoms with Crippen molar-refractivity contribution < 1.29 is 5.11 Å². The Morgan fingerprint density at radius 2 is 2.29 bits per heavy atom. The molecule has 1 fully saturated rings. The summed E-state index contributed by atoms with van der Waals surface area (Å²) in [5, 5.41) is 14.3. The van der Waals surface area contributed by atoms with Crippen LogP contribution in [0.1, 0.15) is 40.0 Å². The topological polar surface area (TPSA) is 58.4 Å². The van der Waals surface area contributed by atoms with Gasteiger partial charge in [0.2, 0.25) is 0 Å². The maximum atomic E-state index is 12.2. The second-order valence-corrected chi connectivity index (χ2v) is 6.38. The highest BCUT2D eigenvalue weighted by Gasteiger charge is 2.18. The molecular formula is C16H27N3O2. The van der Waals surface area contributed by atoms with Crippen molar-refractivity contribution in [2.24, 2.45) is 11.8 Å². The van der Waals surface area contributed by atoms with Crippen LogP contribution in [0.5, 0.6) is 0 Å². The van der Waals surface area contributed by atoms with E-state index < -0.39 is 6.10 Å². The number of aromatic nitrogens is 2. The largest absolute Gasteiger partial charge is 0.391 e. The van der Waals surface area contributed by atoms with Crippen LogP contribution in [0.15, 0.2) is 17.1 Å². The molecule has 0 aliphatic carbocycles. The van der Waals surface area contributed by atoms with Crippen molar-refractivity contribution in [3.63, 3.8) is 0 Å². The van der Waals surface area contributed by atoms with Gasteiger partial charge in [0.25, 0.3) is 5.56 Å². The summed E-state index contributed by atoms with van der Waals surface area (Å²) in [7, 11) is 0. The summed E-state index contributed by atoms with van der Waals surface area (Å²) in [6.45, 7) is 8.50. The first-order valence-electron chi connectivity index (χ1n) is 8.01. The molecule has 1 N–H and O–H groups in total.